The smallest absolute Gasteiger partial charge is 0.411 e. The van der Waals surface area contributed by atoms with Crippen molar-refractivity contribution in [2.75, 3.05) is 25.5 Å². The number of nitrogens with zero attached hydrogens (tertiary/aromatic N) is 1. The average Bonchev–Trinajstić information content (AvgIpc) is 2.71. The van der Waals surface area contributed by atoms with Crippen molar-refractivity contribution < 1.29 is 14.3 Å². The minimum Gasteiger partial charge on any atom is -0.489 e. The maximum Gasteiger partial charge on any atom is 0.411 e. The Morgan fingerprint density at radius 2 is 1.90 bits per heavy atom. The van der Waals surface area contributed by atoms with Gasteiger partial charge in [-0.2, -0.15) is 0 Å². The van der Waals surface area contributed by atoms with E-state index in [0.717, 1.165) is 23.8 Å². The van der Waals surface area contributed by atoms with Gasteiger partial charge in [-0.3, -0.25) is 5.32 Å². The summed E-state index contributed by atoms with van der Waals surface area (Å²) in [5.41, 5.74) is 2.88. The van der Waals surface area contributed by atoms with E-state index in [9.17, 15) is 4.79 Å². The molecule has 0 bridgehead atoms. The van der Waals surface area contributed by atoms with Gasteiger partial charge in [0, 0.05) is 12.2 Å². The van der Waals surface area contributed by atoms with Gasteiger partial charge >= 0.3 is 6.09 Å². The number of benzene rings is 2. The summed E-state index contributed by atoms with van der Waals surface area (Å²) in [4.78, 5) is 15.8. The van der Waals surface area contributed by atoms with Crippen molar-refractivity contribution in [3.63, 3.8) is 0 Å². The van der Waals surface area contributed by atoms with Crippen LogP contribution in [0.2, 0.25) is 0 Å². The van der Waals surface area contributed by atoms with E-state index in [1.807, 2.05) is 69.3 Å². The number of ether oxygens (including phenoxy) is 2. The van der Waals surface area contributed by atoms with E-state index in [0.29, 0.717) is 18.8 Å². The number of rotatable bonds is 8. The summed E-state index contributed by atoms with van der Waals surface area (Å²) in [5.74, 6) is 1.59. The first-order valence-electron chi connectivity index (χ1n) is 9.69. The highest BCUT2D eigenvalue weighted by Gasteiger charge is 2.06. The van der Waals surface area contributed by atoms with Crippen molar-refractivity contribution >= 4 is 17.7 Å². The topological polar surface area (TPSA) is 84.0 Å². The molecule has 2 aromatic rings. The van der Waals surface area contributed by atoms with Crippen LogP contribution in [0.4, 0.5) is 10.5 Å². The maximum absolute atomic E-state index is 11.2. The van der Waals surface area contributed by atoms with Crippen molar-refractivity contribution in [2.45, 2.75) is 33.4 Å². The number of methoxy groups -OCH3 is 1. The molecule has 0 fully saturated rings. The van der Waals surface area contributed by atoms with Crippen LogP contribution in [-0.2, 0) is 11.3 Å². The van der Waals surface area contributed by atoms with Gasteiger partial charge in [0.2, 0.25) is 0 Å². The van der Waals surface area contributed by atoms with E-state index in [4.69, 9.17) is 4.74 Å². The van der Waals surface area contributed by atoms with Gasteiger partial charge in [-0.05, 0) is 56.2 Å². The average molecular weight is 399 g/mol. The Morgan fingerprint density at radius 3 is 2.55 bits per heavy atom. The van der Waals surface area contributed by atoms with Crippen molar-refractivity contribution in [2.24, 2.45) is 4.99 Å². The van der Waals surface area contributed by atoms with Gasteiger partial charge in [0.1, 0.15) is 11.9 Å². The van der Waals surface area contributed by atoms with Crippen LogP contribution >= 0.6 is 0 Å². The minimum absolute atomic E-state index is 0.00987. The van der Waals surface area contributed by atoms with E-state index in [1.165, 1.54) is 12.7 Å². The molecule has 0 saturated carbocycles. The molecule has 3 N–H and O–H groups in total. The summed E-state index contributed by atoms with van der Waals surface area (Å²) >= 11 is 0. The molecule has 0 spiro atoms. The summed E-state index contributed by atoms with van der Waals surface area (Å²) < 4.78 is 10.5. The van der Waals surface area contributed by atoms with Crippen LogP contribution in [-0.4, -0.2) is 38.4 Å². The van der Waals surface area contributed by atoms with Crippen LogP contribution in [0.25, 0.3) is 0 Å². The van der Waals surface area contributed by atoms with Gasteiger partial charge < -0.3 is 20.1 Å². The maximum atomic E-state index is 11.2. The lowest BCUT2D eigenvalue weighted by atomic mass is 10.2. The Hall–Kier alpha value is -3.22. The SMILES string of the molecule is CCNC(=NCc1ccc(NC(=O)OC)cc1)NCC(C)Oc1cccc(C)c1. The molecule has 0 aliphatic heterocycles. The van der Waals surface area contributed by atoms with Crippen molar-refractivity contribution in [3.05, 3.63) is 59.7 Å². The van der Waals surface area contributed by atoms with Crippen LogP contribution in [0.3, 0.4) is 0 Å². The Morgan fingerprint density at radius 1 is 1.14 bits per heavy atom. The molecule has 1 amide bonds. The molecule has 0 saturated heterocycles. The summed E-state index contributed by atoms with van der Waals surface area (Å²) in [6, 6.07) is 15.5. The predicted octanol–water partition coefficient (Wildman–Crippen LogP) is 3.70. The zero-order valence-electron chi connectivity index (χ0n) is 17.5. The molecule has 1 atom stereocenters. The van der Waals surface area contributed by atoms with E-state index >= 15 is 0 Å². The summed E-state index contributed by atoms with van der Waals surface area (Å²) in [5, 5.41) is 9.17. The van der Waals surface area contributed by atoms with E-state index in [1.54, 1.807) is 0 Å². The van der Waals surface area contributed by atoms with Crippen LogP contribution < -0.4 is 20.7 Å². The molecule has 156 valence electrons. The Balaban J connectivity index is 1.87. The third-order valence-corrected chi connectivity index (χ3v) is 4.03. The molecule has 7 heteroatoms. The molecule has 2 rings (SSSR count). The van der Waals surface area contributed by atoms with Crippen molar-refractivity contribution in [1.82, 2.24) is 10.6 Å². The van der Waals surface area contributed by atoms with E-state index in [2.05, 4.69) is 25.7 Å². The second kappa shape index (κ2) is 11.6. The molecule has 0 aromatic heterocycles. The van der Waals surface area contributed by atoms with Crippen molar-refractivity contribution in [1.29, 1.82) is 0 Å². The molecule has 2 aromatic carbocycles. The lowest BCUT2D eigenvalue weighted by Crippen LogP contribution is -2.41. The number of anilines is 1. The molecule has 0 radical (unpaired) electrons. The third-order valence-electron chi connectivity index (χ3n) is 4.03. The zero-order chi connectivity index (χ0) is 21.1. The number of nitrogens with one attached hydrogen (secondary N) is 3. The fourth-order valence-corrected chi connectivity index (χ4v) is 2.58. The van der Waals surface area contributed by atoms with Gasteiger partial charge in [0.05, 0.1) is 20.2 Å². The van der Waals surface area contributed by atoms with Crippen LogP contribution in [0.1, 0.15) is 25.0 Å². The second-order valence-electron chi connectivity index (χ2n) is 6.63. The van der Waals surface area contributed by atoms with Crippen LogP contribution in [0, 0.1) is 6.92 Å². The molecular formula is C22H30N4O3. The van der Waals surface area contributed by atoms with Gasteiger partial charge in [-0.15, -0.1) is 0 Å². The Labute approximate surface area is 172 Å². The second-order valence-corrected chi connectivity index (χ2v) is 6.63. The molecule has 0 aliphatic rings. The van der Waals surface area contributed by atoms with Gasteiger partial charge in [-0.1, -0.05) is 24.3 Å². The standard InChI is InChI=1S/C22H30N4O3/c1-5-23-21(24-14-17(3)29-20-8-6-7-16(2)13-20)25-15-18-9-11-19(12-10-18)26-22(27)28-4/h6-13,17H,5,14-15H2,1-4H3,(H,26,27)(H2,23,24,25). The fraction of sp³-hybridized carbons (Fsp3) is 0.364. The van der Waals surface area contributed by atoms with Gasteiger partial charge in [0.15, 0.2) is 5.96 Å². The van der Waals surface area contributed by atoms with Gasteiger partial charge in [0.25, 0.3) is 0 Å². The largest absolute Gasteiger partial charge is 0.489 e. The van der Waals surface area contributed by atoms with E-state index < -0.39 is 6.09 Å². The number of aliphatic imine (C=N–C) groups is 1. The molecule has 7 nitrogen and oxygen atoms in total. The van der Waals surface area contributed by atoms with Crippen LogP contribution in [0.5, 0.6) is 5.75 Å². The lowest BCUT2D eigenvalue weighted by molar-refractivity contribution is 0.187. The number of aryl methyl sites for hydroxylation is 1. The first kappa shape index (κ1) is 22.1. The number of hydrogen-bond acceptors (Lipinski definition) is 4. The molecule has 0 heterocycles. The highest BCUT2D eigenvalue weighted by Crippen LogP contribution is 2.14. The first-order chi connectivity index (χ1) is 14.0. The zero-order valence-corrected chi connectivity index (χ0v) is 17.5. The number of carbonyl (C=O) groups is 1. The quantitative estimate of drug-likeness (QED) is 0.466. The number of carbonyl (C=O) groups excluding carboxylic acids is 1. The summed E-state index contributed by atoms with van der Waals surface area (Å²) in [6.45, 7) is 8.00. The Kier molecular flexibility index (Phi) is 8.82. The monoisotopic (exact) mass is 398 g/mol. The van der Waals surface area contributed by atoms with Crippen LogP contribution in [0.15, 0.2) is 53.5 Å². The highest BCUT2D eigenvalue weighted by molar-refractivity contribution is 5.84. The normalized spacial score (nSPS) is 12.1. The molecule has 0 aliphatic carbocycles. The molecule has 1 unspecified atom stereocenters. The van der Waals surface area contributed by atoms with Crippen molar-refractivity contribution in [3.8, 4) is 5.75 Å². The Bertz CT molecular complexity index is 806. The third kappa shape index (κ3) is 8.13. The molecule has 29 heavy (non-hydrogen) atoms. The number of hydrogen-bond donors (Lipinski definition) is 3. The first-order valence-corrected chi connectivity index (χ1v) is 9.69. The summed E-state index contributed by atoms with van der Waals surface area (Å²) in [6.07, 6.45) is -0.499. The number of amides is 1. The molecular weight excluding hydrogens is 368 g/mol. The highest BCUT2D eigenvalue weighted by atomic mass is 16.5. The van der Waals surface area contributed by atoms with E-state index in [-0.39, 0.29) is 6.10 Å². The minimum atomic E-state index is -0.489. The fourth-order valence-electron chi connectivity index (χ4n) is 2.58. The lowest BCUT2D eigenvalue weighted by Gasteiger charge is -2.18. The van der Waals surface area contributed by atoms with Gasteiger partial charge in [-0.25, -0.2) is 9.79 Å². The summed E-state index contributed by atoms with van der Waals surface area (Å²) in [7, 11) is 1.33. The predicted molar refractivity (Wildman–Crippen MR) is 117 cm³/mol. The number of guanidine groups is 1.